The van der Waals surface area contributed by atoms with Gasteiger partial charge >= 0.3 is 0 Å². The van der Waals surface area contributed by atoms with Crippen LogP contribution in [0.25, 0.3) is 5.76 Å². The molecular formula is C29H27NO5. The van der Waals surface area contributed by atoms with Crippen molar-refractivity contribution in [2.75, 3.05) is 6.61 Å². The number of aliphatic hydroxyl groups excluding tert-OH is 1. The minimum Gasteiger partial charge on any atom is -0.507 e. The van der Waals surface area contributed by atoms with Crippen molar-refractivity contribution in [1.29, 1.82) is 0 Å². The quantitative estimate of drug-likeness (QED) is 0.311. The molecule has 0 aromatic heterocycles. The number of nitrogens with zero attached hydrogens (tertiary/aromatic N) is 1. The van der Waals surface area contributed by atoms with E-state index in [0.717, 1.165) is 23.3 Å². The molecule has 1 N–H and O–H groups in total. The molecule has 35 heavy (non-hydrogen) atoms. The number of carbonyl (C=O) groups excluding carboxylic acids is 2. The highest BCUT2D eigenvalue weighted by atomic mass is 16.5. The van der Waals surface area contributed by atoms with E-state index in [2.05, 4.69) is 0 Å². The second-order valence-electron chi connectivity index (χ2n) is 8.87. The van der Waals surface area contributed by atoms with Crippen LogP contribution in [0.15, 0.2) is 78.4 Å². The van der Waals surface area contributed by atoms with E-state index in [1.807, 2.05) is 74.5 Å². The van der Waals surface area contributed by atoms with Crippen molar-refractivity contribution in [1.82, 2.24) is 4.90 Å². The summed E-state index contributed by atoms with van der Waals surface area (Å²) in [5.74, 6) is -0.109. The molecule has 6 heteroatoms. The summed E-state index contributed by atoms with van der Waals surface area (Å²) in [6.45, 7) is 4.61. The second-order valence-corrected chi connectivity index (χ2v) is 8.87. The molecular weight excluding hydrogens is 442 g/mol. The van der Waals surface area contributed by atoms with E-state index < -0.39 is 17.7 Å². The average molecular weight is 470 g/mol. The molecule has 2 heterocycles. The first kappa shape index (κ1) is 22.7. The molecule has 178 valence electrons. The number of fused-ring (bicyclic) bond motifs is 1. The third-order valence-electron chi connectivity index (χ3n) is 6.39. The average Bonchev–Trinajstić information content (AvgIpc) is 3.35. The number of benzene rings is 3. The maximum absolute atomic E-state index is 13.3. The van der Waals surface area contributed by atoms with Crippen molar-refractivity contribution in [2.24, 2.45) is 0 Å². The third kappa shape index (κ3) is 4.28. The van der Waals surface area contributed by atoms with Gasteiger partial charge in [0.05, 0.1) is 18.2 Å². The zero-order valence-electron chi connectivity index (χ0n) is 19.7. The molecule has 0 radical (unpaired) electrons. The molecule has 0 aliphatic carbocycles. The molecule has 1 fully saturated rings. The number of likely N-dealkylation sites (tertiary alicyclic amines) is 1. The highest BCUT2D eigenvalue weighted by Gasteiger charge is 2.46. The van der Waals surface area contributed by atoms with Gasteiger partial charge in [-0.15, -0.1) is 0 Å². The SMILES string of the molecule is CCOc1cccc(C2C(=C(O)c3ccc4c(c3)CC(C)O4)C(=O)C(=O)N2Cc2ccccc2)c1. The van der Waals surface area contributed by atoms with Crippen LogP contribution >= 0.6 is 0 Å². The van der Waals surface area contributed by atoms with Crippen molar-refractivity contribution in [3.05, 3.63) is 101 Å². The van der Waals surface area contributed by atoms with Crippen LogP contribution in [-0.4, -0.2) is 34.4 Å². The van der Waals surface area contributed by atoms with Crippen LogP contribution in [0.1, 0.15) is 42.1 Å². The van der Waals surface area contributed by atoms with Crippen LogP contribution in [0.3, 0.4) is 0 Å². The number of hydrogen-bond acceptors (Lipinski definition) is 5. The Morgan fingerprint density at radius 3 is 2.63 bits per heavy atom. The second kappa shape index (κ2) is 9.29. The van der Waals surface area contributed by atoms with Gasteiger partial charge in [0.2, 0.25) is 0 Å². The summed E-state index contributed by atoms with van der Waals surface area (Å²) < 4.78 is 11.4. The molecule has 2 aliphatic heterocycles. The van der Waals surface area contributed by atoms with Crippen molar-refractivity contribution in [3.63, 3.8) is 0 Å². The van der Waals surface area contributed by atoms with Gasteiger partial charge in [-0.25, -0.2) is 0 Å². The molecule has 5 rings (SSSR count). The Labute approximate surface area is 204 Å². The maximum atomic E-state index is 13.3. The molecule has 6 nitrogen and oxygen atoms in total. The lowest BCUT2D eigenvalue weighted by Gasteiger charge is -2.26. The van der Waals surface area contributed by atoms with E-state index in [0.29, 0.717) is 23.5 Å². The van der Waals surface area contributed by atoms with Gasteiger partial charge in [0, 0.05) is 18.5 Å². The fourth-order valence-electron chi connectivity index (χ4n) is 4.84. The Kier molecular flexibility index (Phi) is 6.03. The van der Waals surface area contributed by atoms with Crippen molar-refractivity contribution >= 4 is 17.4 Å². The van der Waals surface area contributed by atoms with E-state index in [1.54, 1.807) is 12.1 Å². The molecule has 3 aromatic carbocycles. The van der Waals surface area contributed by atoms with E-state index in [4.69, 9.17) is 9.47 Å². The highest BCUT2D eigenvalue weighted by molar-refractivity contribution is 6.46. The predicted octanol–water partition coefficient (Wildman–Crippen LogP) is 5.03. The van der Waals surface area contributed by atoms with E-state index in [1.165, 1.54) is 4.90 Å². The van der Waals surface area contributed by atoms with Gasteiger partial charge in [-0.1, -0.05) is 42.5 Å². The molecule has 2 unspecified atom stereocenters. The predicted molar refractivity (Wildman–Crippen MR) is 132 cm³/mol. The third-order valence-corrected chi connectivity index (χ3v) is 6.39. The Morgan fingerprint density at radius 1 is 1.06 bits per heavy atom. The van der Waals surface area contributed by atoms with E-state index in [-0.39, 0.29) is 24.0 Å². The minimum atomic E-state index is -0.751. The summed E-state index contributed by atoms with van der Waals surface area (Å²) in [7, 11) is 0. The Balaban J connectivity index is 1.63. The van der Waals surface area contributed by atoms with Crippen LogP contribution in [0, 0.1) is 0 Å². The topological polar surface area (TPSA) is 76.1 Å². The lowest BCUT2D eigenvalue weighted by Crippen LogP contribution is -2.29. The summed E-state index contributed by atoms with van der Waals surface area (Å²) in [5.41, 5.74) is 3.13. The zero-order valence-corrected chi connectivity index (χ0v) is 19.7. The number of ether oxygens (including phenoxy) is 2. The number of Topliss-reactive ketones (excluding diaryl/α,β-unsaturated/α-hetero) is 1. The molecule has 2 aliphatic rings. The van der Waals surface area contributed by atoms with Crippen molar-refractivity contribution in [2.45, 2.75) is 39.0 Å². The smallest absolute Gasteiger partial charge is 0.295 e. The summed E-state index contributed by atoms with van der Waals surface area (Å²) in [6.07, 6.45) is 0.777. The van der Waals surface area contributed by atoms with Gasteiger partial charge in [0.25, 0.3) is 11.7 Å². The highest BCUT2D eigenvalue weighted by Crippen LogP contribution is 2.42. The van der Waals surface area contributed by atoms with Crippen LogP contribution in [0.4, 0.5) is 0 Å². The van der Waals surface area contributed by atoms with E-state index in [9.17, 15) is 14.7 Å². The largest absolute Gasteiger partial charge is 0.507 e. The summed E-state index contributed by atoms with van der Waals surface area (Å²) in [4.78, 5) is 28.1. The maximum Gasteiger partial charge on any atom is 0.295 e. The summed E-state index contributed by atoms with van der Waals surface area (Å²) in [5, 5.41) is 11.4. The first-order valence-corrected chi connectivity index (χ1v) is 11.8. The summed E-state index contributed by atoms with van der Waals surface area (Å²) in [6, 6.07) is 21.5. The molecule has 1 amide bonds. The van der Waals surface area contributed by atoms with Crippen LogP contribution in [0.5, 0.6) is 11.5 Å². The van der Waals surface area contributed by atoms with Gasteiger partial charge in [-0.2, -0.15) is 0 Å². The first-order chi connectivity index (χ1) is 17.0. The fourth-order valence-corrected chi connectivity index (χ4v) is 4.84. The van der Waals surface area contributed by atoms with Gasteiger partial charge in [0.1, 0.15) is 23.4 Å². The lowest BCUT2D eigenvalue weighted by atomic mass is 9.94. The standard InChI is InChI=1S/C29H27NO5/c1-3-34-23-11-7-10-20(16-23)26-25(27(31)21-12-13-24-22(15-21)14-18(2)35-24)28(32)29(33)30(26)17-19-8-5-4-6-9-19/h4-13,15-16,18,26,31H,3,14,17H2,1-2H3. The molecule has 2 atom stereocenters. The molecule has 0 bridgehead atoms. The van der Waals surface area contributed by atoms with Crippen LogP contribution in [-0.2, 0) is 22.6 Å². The molecule has 0 saturated carbocycles. The number of amides is 1. The molecule has 3 aromatic rings. The Bertz CT molecular complexity index is 1310. The normalized spacial score (nSPS) is 20.6. The Morgan fingerprint density at radius 2 is 1.86 bits per heavy atom. The summed E-state index contributed by atoms with van der Waals surface area (Å²) >= 11 is 0. The fraction of sp³-hybridized carbons (Fsp3) is 0.241. The number of carbonyl (C=O) groups is 2. The number of ketones is 1. The van der Waals surface area contributed by atoms with Crippen molar-refractivity contribution in [3.8, 4) is 11.5 Å². The number of hydrogen-bond donors (Lipinski definition) is 1. The molecule has 0 spiro atoms. The van der Waals surface area contributed by atoms with E-state index >= 15 is 0 Å². The number of aliphatic hydroxyl groups is 1. The zero-order chi connectivity index (χ0) is 24.5. The van der Waals surface area contributed by atoms with Gasteiger partial charge < -0.3 is 19.5 Å². The monoisotopic (exact) mass is 469 g/mol. The van der Waals surface area contributed by atoms with Gasteiger partial charge in [-0.3, -0.25) is 9.59 Å². The lowest BCUT2D eigenvalue weighted by molar-refractivity contribution is -0.140. The van der Waals surface area contributed by atoms with Crippen LogP contribution < -0.4 is 9.47 Å². The Hall–Kier alpha value is -4.06. The van der Waals surface area contributed by atoms with Gasteiger partial charge in [-0.05, 0) is 60.9 Å². The molecule has 1 saturated heterocycles. The van der Waals surface area contributed by atoms with Crippen LogP contribution in [0.2, 0.25) is 0 Å². The number of rotatable bonds is 6. The first-order valence-electron chi connectivity index (χ1n) is 11.8. The minimum absolute atomic E-state index is 0.0557. The van der Waals surface area contributed by atoms with Crippen molar-refractivity contribution < 1.29 is 24.2 Å². The van der Waals surface area contributed by atoms with Gasteiger partial charge in [0.15, 0.2) is 0 Å².